The highest BCUT2D eigenvalue weighted by Crippen LogP contribution is 2.23. The van der Waals surface area contributed by atoms with Crippen molar-refractivity contribution in [2.24, 2.45) is 5.92 Å². The summed E-state index contributed by atoms with van der Waals surface area (Å²) in [5, 5.41) is 2.86. The number of carbonyl (C=O) groups excluding carboxylic acids is 2. The number of ketones is 1. The summed E-state index contributed by atoms with van der Waals surface area (Å²) in [5.41, 5.74) is 0.559. The van der Waals surface area contributed by atoms with Gasteiger partial charge in [0.1, 0.15) is 11.6 Å². The van der Waals surface area contributed by atoms with Crippen molar-refractivity contribution in [1.82, 2.24) is 4.90 Å². The maximum atomic E-state index is 13.8. The van der Waals surface area contributed by atoms with E-state index < -0.39 is 11.6 Å². The van der Waals surface area contributed by atoms with Gasteiger partial charge in [0.25, 0.3) is 0 Å². The Hall–Kier alpha value is -1.87. The molecule has 0 bridgehead atoms. The van der Waals surface area contributed by atoms with Crippen molar-refractivity contribution in [3.63, 3.8) is 0 Å². The molecule has 2 aromatic rings. The van der Waals surface area contributed by atoms with Crippen LogP contribution in [0.4, 0.5) is 14.5 Å². The summed E-state index contributed by atoms with van der Waals surface area (Å²) < 4.78 is 28.2. The molecule has 0 aliphatic carbocycles. The van der Waals surface area contributed by atoms with Gasteiger partial charge in [0, 0.05) is 15.2 Å². The van der Waals surface area contributed by atoms with Crippen LogP contribution in [0, 0.1) is 21.1 Å². The van der Waals surface area contributed by atoms with E-state index in [-0.39, 0.29) is 29.7 Å². The zero-order valence-corrected chi connectivity index (χ0v) is 16.7. The third kappa shape index (κ3) is 5.32. The Bertz CT molecular complexity index is 852. The lowest BCUT2D eigenvalue weighted by Crippen LogP contribution is -2.40. The molecule has 4 nitrogen and oxygen atoms in total. The minimum Gasteiger partial charge on any atom is -0.325 e. The zero-order chi connectivity index (χ0) is 19.4. The van der Waals surface area contributed by atoms with E-state index in [1.54, 1.807) is 0 Å². The molecule has 0 atom stereocenters. The van der Waals surface area contributed by atoms with E-state index in [9.17, 15) is 18.4 Å². The molecule has 0 aromatic heterocycles. The highest BCUT2D eigenvalue weighted by atomic mass is 127. The molecule has 0 spiro atoms. The van der Waals surface area contributed by atoms with Crippen LogP contribution in [0.3, 0.4) is 0 Å². The van der Waals surface area contributed by atoms with Gasteiger partial charge in [-0.3, -0.25) is 14.5 Å². The van der Waals surface area contributed by atoms with E-state index in [1.807, 2.05) is 29.2 Å². The van der Waals surface area contributed by atoms with E-state index in [0.717, 1.165) is 27.5 Å². The number of nitrogens with one attached hydrogen (secondary N) is 1. The summed E-state index contributed by atoms with van der Waals surface area (Å²) in [6, 6.07) is 10.5. The van der Waals surface area contributed by atoms with Gasteiger partial charge in [-0.25, -0.2) is 8.78 Å². The Balaban J connectivity index is 1.52. The van der Waals surface area contributed by atoms with Crippen LogP contribution in [0.1, 0.15) is 23.2 Å². The Morgan fingerprint density at radius 1 is 1.11 bits per heavy atom. The molecule has 7 heteroatoms. The average Bonchev–Trinajstić information content (AvgIpc) is 2.64. The highest BCUT2D eigenvalue weighted by molar-refractivity contribution is 14.1. The lowest BCUT2D eigenvalue weighted by Gasteiger charge is -2.30. The highest BCUT2D eigenvalue weighted by Gasteiger charge is 2.28. The number of anilines is 1. The lowest BCUT2D eigenvalue weighted by atomic mass is 9.88. The molecule has 1 amide bonds. The van der Waals surface area contributed by atoms with Crippen LogP contribution in [0.15, 0.2) is 42.5 Å². The molecule has 3 rings (SSSR count). The lowest BCUT2D eigenvalue weighted by molar-refractivity contribution is -0.117. The standard InChI is InChI=1S/C20H19F2IN2O2/c21-14-4-5-18(22)17(10-14)20(27)13-6-8-25(9-7-13)12-19(26)24-16-3-1-2-15(23)11-16/h1-5,10-11,13H,6-9,12H2,(H,24,26). The third-order valence-corrected chi connectivity index (χ3v) is 5.30. The Morgan fingerprint density at radius 2 is 1.85 bits per heavy atom. The number of nitrogens with zero attached hydrogens (tertiary/aromatic N) is 1. The van der Waals surface area contributed by atoms with E-state index in [1.165, 1.54) is 0 Å². The van der Waals surface area contributed by atoms with Crippen LogP contribution in [0.2, 0.25) is 0 Å². The van der Waals surface area contributed by atoms with Gasteiger partial charge >= 0.3 is 0 Å². The molecule has 1 aliphatic heterocycles. The van der Waals surface area contributed by atoms with Crippen LogP contribution < -0.4 is 5.32 Å². The number of Topliss-reactive ketones (excluding diaryl/α,β-unsaturated/α-hetero) is 1. The number of halogens is 3. The molecule has 1 aliphatic rings. The Kier molecular flexibility index (Phi) is 6.54. The zero-order valence-electron chi connectivity index (χ0n) is 14.6. The van der Waals surface area contributed by atoms with Crippen LogP contribution >= 0.6 is 22.6 Å². The smallest absolute Gasteiger partial charge is 0.238 e. The first kappa shape index (κ1) is 19.9. The van der Waals surface area contributed by atoms with E-state index in [2.05, 4.69) is 27.9 Å². The number of hydrogen-bond donors (Lipinski definition) is 1. The van der Waals surface area contributed by atoms with Crippen LogP contribution in [-0.2, 0) is 4.79 Å². The van der Waals surface area contributed by atoms with Gasteiger partial charge in [-0.05, 0) is 84.9 Å². The second-order valence-corrected chi connectivity index (χ2v) is 7.84. The molecule has 0 saturated carbocycles. The molecular weight excluding hydrogens is 465 g/mol. The van der Waals surface area contributed by atoms with E-state index in [0.29, 0.717) is 25.9 Å². The van der Waals surface area contributed by atoms with E-state index in [4.69, 9.17) is 0 Å². The van der Waals surface area contributed by atoms with Crippen LogP contribution in [0.25, 0.3) is 0 Å². The average molecular weight is 484 g/mol. The van der Waals surface area contributed by atoms with Gasteiger partial charge in [-0.1, -0.05) is 6.07 Å². The van der Waals surface area contributed by atoms with Crippen molar-refractivity contribution in [1.29, 1.82) is 0 Å². The van der Waals surface area contributed by atoms with Crippen molar-refractivity contribution in [2.45, 2.75) is 12.8 Å². The fourth-order valence-electron chi connectivity index (χ4n) is 3.23. The second kappa shape index (κ2) is 8.88. The number of likely N-dealkylation sites (tertiary alicyclic amines) is 1. The number of benzene rings is 2. The third-order valence-electron chi connectivity index (χ3n) is 4.63. The minimum atomic E-state index is -0.694. The minimum absolute atomic E-state index is 0.113. The number of amides is 1. The van der Waals surface area contributed by atoms with Crippen molar-refractivity contribution < 1.29 is 18.4 Å². The monoisotopic (exact) mass is 484 g/mol. The molecule has 1 heterocycles. The van der Waals surface area contributed by atoms with Gasteiger partial charge in [0.15, 0.2) is 5.78 Å². The summed E-state index contributed by atoms with van der Waals surface area (Å²) in [5.74, 6) is -2.14. The fourth-order valence-corrected chi connectivity index (χ4v) is 3.77. The molecule has 1 fully saturated rings. The summed E-state index contributed by atoms with van der Waals surface area (Å²) in [6.45, 7) is 1.36. The Labute approximate surface area is 170 Å². The first-order chi connectivity index (χ1) is 12.9. The SMILES string of the molecule is O=C(CN1CCC(C(=O)c2cc(F)ccc2F)CC1)Nc1cccc(I)c1. The Morgan fingerprint density at radius 3 is 2.56 bits per heavy atom. The van der Waals surface area contributed by atoms with Crippen molar-refractivity contribution in [3.05, 3.63) is 63.2 Å². The molecule has 142 valence electrons. The predicted octanol–water partition coefficient (Wildman–Crippen LogP) is 4.10. The van der Waals surface area contributed by atoms with Gasteiger partial charge in [0.05, 0.1) is 12.1 Å². The number of carbonyl (C=O) groups is 2. The molecule has 1 saturated heterocycles. The molecular formula is C20H19F2IN2O2. The molecule has 2 aromatic carbocycles. The number of piperidine rings is 1. The molecule has 1 N–H and O–H groups in total. The summed E-state index contributed by atoms with van der Waals surface area (Å²) >= 11 is 2.18. The van der Waals surface area contributed by atoms with Crippen molar-refractivity contribution in [2.75, 3.05) is 25.0 Å². The van der Waals surface area contributed by atoms with Crippen molar-refractivity contribution in [3.8, 4) is 0 Å². The molecule has 0 unspecified atom stereocenters. The topological polar surface area (TPSA) is 49.4 Å². The maximum absolute atomic E-state index is 13.8. The van der Waals surface area contributed by atoms with Gasteiger partial charge in [-0.15, -0.1) is 0 Å². The summed E-state index contributed by atoms with van der Waals surface area (Å²) in [7, 11) is 0. The number of hydrogen-bond acceptors (Lipinski definition) is 3. The molecule has 27 heavy (non-hydrogen) atoms. The predicted molar refractivity (Wildman–Crippen MR) is 108 cm³/mol. The second-order valence-electron chi connectivity index (χ2n) is 6.60. The maximum Gasteiger partial charge on any atom is 0.238 e. The molecule has 0 radical (unpaired) electrons. The first-order valence-electron chi connectivity index (χ1n) is 8.69. The fraction of sp³-hybridized carbons (Fsp3) is 0.300. The quantitative estimate of drug-likeness (QED) is 0.514. The number of rotatable bonds is 5. The normalized spacial score (nSPS) is 15.5. The largest absolute Gasteiger partial charge is 0.325 e. The van der Waals surface area contributed by atoms with Crippen LogP contribution in [-0.4, -0.2) is 36.2 Å². The van der Waals surface area contributed by atoms with Gasteiger partial charge < -0.3 is 5.32 Å². The van der Waals surface area contributed by atoms with Crippen molar-refractivity contribution >= 4 is 40.0 Å². The van der Waals surface area contributed by atoms with Crippen LogP contribution in [0.5, 0.6) is 0 Å². The van der Waals surface area contributed by atoms with Gasteiger partial charge in [0.2, 0.25) is 5.91 Å². The first-order valence-corrected chi connectivity index (χ1v) is 9.77. The summed E-state index contributed by atoms with van der Waals surface area (Å²) in [6.07, 6.45) is 1.04. The van der Waals surface area contributed by atoms with Gasteiger partial charge in [-0.2, -0.15) is 0 Å². The summed E-state index contributed by atoms with van der Waals surface area (Å²) in [4.78, 5) is 26.6. The van der Waals surface area contributed by atoms with E-state index >= 15 is 0 Å².